The van der Waals surface area contributed by atoms with E-state index in [9.17, 15) is 27.6 Å². The molecule has 0 aliphatic rings. The van der Waals surface area contributed by atoms with Crippen LogP contribution in [0.3, 0.4) is 0 Å². The summed E-state index contributed by atoms with van der Waals surface area (Å²) in [5, 5.41) is 5.10. The summed E-state index contributed by atoms with van der Waals surface area (Å²) in [6, 6.07) is 20.2. The first-order chi connectivity index (χ1) is 17.7. The Labute approximate surface area is 212 Å². The molecule has 0 heterocycles. The molecule has 3 aromatic carbocycles. The zero-order valence-corrected chi connectivity index (χ0v) is 20.0. The molecule has 6 nitrogen and oxygen atoms in total. The Hall–Kier alpha value is -4.14. The maximum Gasteiger partial charge on any atom is 0.416 e. The predicted molar refractivity (Wildman–Crippen MR) is 134 cm³/mol. The number of carbonyl (C=O) groups excluding carboxylic acids is 3. The Morgan fingerprint density at radius 2 is 1.49 bits per heavy atom. The number of aryl methyl sites for hydroxylation is 1. The molecule has 37 heavy (non-hydrogen) atoms. The topological polar surface area (TPSA) is 84.5 Å². The van der Waals surface area contributed by atoms with Crippen molar-refractivity contribution in [2.24, 2.45) is 0 Å². The van der Waals surface area contributed by atoms with Crippen molar-refractivity contribution in [2.75, 3.05) is 17.2 Å². The number of alkyl halides is 3. The van der Waals surface area contributed by atoms with Crippen LogP contribution >= 0.6 is 0 Å². The quantitative estimate of drug-likeness (QED) is 0.235. The first-order valence-corrected chi connectivity index (χ1v) is 11.8. The summed E-state index contributed by atoms with van der Waals surface area (Å²) < 4.78 is 43.7. The van der Waals surface area contributed by atoms with E-state index in [1.165, 1.54) is 42.0 Å². The molecule has 0 aromatic heterocycles. The van der Waals surface area contributed by atoms with Crippen molar-refractivity contribution in [1.29, 1.82) is 0 Å². The molecule has 0 spiro atoms. The number of esters is 1. The van der Waals surface area contributed by atoms with Crippen LogP contribution in [0.5, 0.6) is 0 Å². The van der Waals surface area contributed by atoms with E-state index < -0.39 is 17.6 Å². The lowest BCUT2D eigenvalue weighted by Gasteiger charge is -2.10. The number of carbonyl (C=O) groups is 3. The molecule has 0 saturated carbocycles. The third kappa shape index (κ3) is 9.44. The fraction of sp³-hybridized carbons (Fsp3) is 0.250. The van der Waals surface area contributed by atoms with Gasteiger partial charge in [0.2, 0.25) is 5.91 Å². The standard InChI is InChI=1S/C28H27F3N2O4/c29-28(30,31)22-10-4-11-24(19-22)33-27(36)21-14-16-23(17-15-21)32-25(34)12-5-13-26(35)37-18-6-9-20-7-2-1-3-8-20/h1-4,7-8,10-11,14-17,19H,5-6,9,12-13,18H2,(H,32,34)(H,33,36). The van der Waals surface area contributed by atoms with Crippen molar-refractivity contribution in [3.8, 4) is 0 Å². The van der Waals surface area contributed by atoms with Gasteiger partial charge in [-0.05, 0) is 67.3 Å². The molecule has 3 aromatic rings. The van der Waals surface area contributed by atoms with E-state index >= 15 is 0 Å². The van der Waals surface area contributed by atoms with Gasteiger partial charge in [0.1, 0.15) is 0 Å². The monoisotopic (exact) mass is 512 g/mol. The largest absolute Gasteiger partial charge is 0.466 e. The summed E-state index contributed by atoms with van der Waals surface area (Å²) in [5.41, 5.74) is 1.00. The van der Waals surface area contributed by atoms with E-state index in [0.29, 0.717) is 18.7 Å². The predicted octanol–water partition coefficient (Wildman–Crippen LogP) is 6.24. The van der Waals surface area contributed by atoms with Crippen LogP contribution in [-0.4, -0.2) is 24.4 Å². The van der Waals surface area contributed by atoms with Gasteiger partial charge in [0.05, 0.1) is 12.2 Å². The van der Waals surface area contributed by atoms with E-state index in [0.717, 1.165) is 25.0 Å². The highest BCUT2D eigenvalue weighted by Gasteiger charge is 2.30. The first-order valence-electron chi connectivity index (χ1n) is 11.8. The summed E-state index contributed by atoms with van der Waals surface area (Å²) in [6.07, 6.45) is -2.37. The molecule has 0 aliphatic heterocycles. The van der Waals surface area contributed by atoms with Gasteiger partial charge in [0, 0.05) is 29.8 Å². The van der Waals surface area contributed by atoms with E-state index in [1.54, 1.807) is 0 Å². The van der Waals surface area contributed by atoms with Crippen molar-refractivity contribution in [2.45, 2.75) is 38.3 Å². The van der Waals surface area contributed by atoms with Crippen LogP contribution in [0.1, 0.15) is 47.2 Å². The number of hydrogen-bond acceptors (Lipinski definition) is 4. The number of hydrogen-bond donors (Lipinski definition) is 2. The minimum atomic E-state index is -4.51. The smallest absolute Gasteiger partial charge is 0.416 e. The number of benzene rings is 3. The number of halogens is 3. The molecule has 2 amide bonds. The molecule has 3 rings (SSSR count). The molecule has 9 heteroatoms. The lowest BCUT2D eigenvalue weighted by Crippen LogP contribution is -2.14. The Kier molecular flexibility index (Phi) is 9.83. The Balaban J connectivity index is 1.35. The molecule has 0 radical (unpaired) electrons. The van der Waals surface area contributed by atoms with E-state index in [1.807, 2.05) is 30.3 Å². The summed E-state index contributed by atoms with van der Waals surface area (Å²) in [7, 11) is 0. The van der Waals surface area contributed by atoms with Crippen LogP contribution in [0.25, 0.3) is 0 Å². The molecular weight excluding hydrogens is 485 g/mol. The van der Waals surface area contributed by atoms with Gasteiger partial charge in [-0.15, -0.1) is 0 Å². The normalized spacial score (nSPS) is 11.0. The van der Waals surface area contributed by atoms with E-state index in [4.69, 9.17) is 4.74 Å². The summed E-state index contributed by atoms with van der Waals surface area (Å²) in [5.74, 6) is -1.23. The van der Waals surface area contributed by atoms with Crippen molar-refractivity contribution in [3.05, 3.63) is 95.6 Å². The van der Waals surface area contributed by atoms with Crippen molar-refractivity contribution < 1.29 is 32.3 Å². The van der Waals surface area contributed by atoms with Crippen LogP contribution in [0.2, 0.25) is 0 Å². The van der Waals surface area contributed by atoms with Crippen molar-refractivity contribution in [3.63, 3.8) is 0 Å². The lowest BCUT2D eigenvalue weighted by molar-refractivity contribution is -0.144. The van der Waals surface area contributed by atoms with Crippen LogP contribution in [-0.2, 0) is 26.9 Å². The SMILES string of the molecule is O=C(CCCC(=O)OCCCc1ccccc1)Nc1ccc(C(=O)Nc2cccc(C(F)(F)F)c2)cc1. The van der Waals surface area contributed by atoms with Crippen LogP contribution < -0.4 is 10.6 Å². The zero-order chi connectivity index (χ0) is 26.7. The molecule has 2 N–H and O–H groups in total. The maximum absolute atomic E-state index is 12.8. The Morgan fingerprint density at radius 3 is 2.19 bits per heavy atom. The summed E-state index contributed by atoms with van der Waals surface area (Å²) in [4.78, 5) is 36.4. The minimum Gasteiger partial charge on any atom is -0.466 e. The van der Waals surface area contributed by atoms with Gasteiger partial charge in [-0.3, -0.25) is 14.4 Å². The lowest BCUT2D eigenvalue weighted by atomic mass is 10.1. The second kappa shape index (κ2) is 13.2. The van der Waals surface area contributed by atoms with Gasteiger partial charge in [-0.1, -0.05) is 36.4 Å². The van der Waals surface area contributed by atoms with Gasteiger partial charge in [0.25, 0.3) is 5.91 Å². The number of rotatable bonds is 11. The molecular formula is C28H27F3N2O4. The second-order valence-corrected chi connectivity index (χ2v) is 8.32. The number of nitrogens with one attached hydrogen (secondary N) is 2. The molecule has 0 saturated heterocycles. The Bertz CT molecular complexity index is 1200. The molecule has 194 valence electrons. The number of amides is 2. The number of anilines is 2. The first kappa shape index (κ1) is 27.4. The zero-order valence-electron chi connectivity index (χ0n) is 20.0. The summed E-state index contributed by atoms with van der Waals surface area (Å²) >= 11 is 0. The van der Waals surface area contributed by atoms with Crippen molar-refractivity contribution >= 4 is 29.2 Å². The van der Waals surface area contributed by atoms with Crippen LogP contribution in [0, 0.1) is 0 Å². The molecule has 0 atom stereocenters. The molecule has 0 bridgehead atoms. The fourth-order valence-electron chi connectivity index (χ4n) is 3.48. The van der Waals surface area contributed by atoms with Gasteiger partial charge >= 0.3 is 12.1 Å². The fourth-order valence-corrected chi connectivity index (χ4v) is 3.48. The van der Waals surface area contributed by atoms with Crippen LogP contribution in [0.15, 0.2) is 78.9 Å². The second-order valence-electron chi connectivity index (χ2n) is 8.32. The highest BCUT2D eigenvalue weighted by atomic mass is 19.4. The van der Waals surface area contributed by atoms with Crippen molar-refractivity contribution in [1.82, 2.24) is 0 Å². The van der Waals surface area contributed by atoms with Crippen LogP contribution in [0.4, 0.5) is 24.5 Å². The van der Waals surface area contributed by atoms with E-state index in [-0.39, 0.29) is 36.0 Å². The highest BCUT2D eigenvalue weighted by Crippen LogP contribution is 2.30. The third-order valence-corrected chi connectivity index (χ3v) is 5.38. The average Bonchev–Trinajstić information content (AvgIpc) is 2.87. The minimum absolute atomic E-state index is 0.0203. The third-order valence-electron chi connectivity index (χ3n) is 5.38. The van der Waals surface area contributed by atoms with Gasteiger partial charge in [0.15, 0.2) is 0 Å². The highest BCUT2D eigenvalue weighted by molar-refractivity contribution is 6.04. The molecule has 0 aliphatic carbocycles. The van der Waals surface area contributed by atoms with Gasteiger partial charge < -0.3 is 15.4 Å². The van der Waals surface area contributed by atoms with Gasteiger partial charge in [-0.2, -0.15) is 13.2 Å². The Morgan fingerprint density at radius 1 is 0.757 bits per heavy atom. The van der Waals surface area contributed by atoms with E-state index in [2.05, 4.69) is 10.6 Å². The number of ether oxygens (including phenoxy) is 1. The van der Waals surface area contributed by atoms with Gasteiger partial charge in [-0.25, -0.2) is 0 Å². The average molecular weight is 513 g/mol. The summed E-state index contributed by atoms with van der Waals surface area (Å²) in [6.45, 7) is 0.327. The maximum atomic E-state index is 12.8. The molecule has 0 fully saturated rings. The molecule has 0 unspecified atom stereocenters.